The molecule has 0 saturated heterocycles. The van der Waals surface area contributed by atoms with Crippen molar-refractivity contribution in [1.29, 1.82) is 0 Å². The van der Waals surface area contributed by atoms with Crippen LogP contribution in [0.2, 0.25) is 0 Å². The van der Waals surface area contributed by atoms with Crippen molar-refractivity contribution in [1.82, 2.24) is 0 Å². The van der Waals surface area contributed by atoms with E-state index in [0.29, 0.717) is 6.61 Å². The zero-order valence-electron chi connectivity index (χ0n) is 10.8. The highest BCUT2D eigenvalue weighted by atomic mass is 16.5. The SMILES string of the molecule is COCC(C)C(O)Cc1ccc2c(c1)CCC2. The van der Waals surface area contributed by atoms with Crippen LogP contribution in [-0.4, -0.2) is 24.9 Å². The minimum absolute atomic E-state index is 0.188. The molecule has 2 rings (SSSR count). The van der Waals surface area contributed by atoms with Gasteiger partial charge in [-0.15, -0.1) is 0 Å². The molecule has 2 unspecified atom stereocenters. The lowest BCUT2D eigenvalue weighted by molar-refractivity contribution is 0.0575. The van der Waals surface area contributed by atoms with Gasteiger partial charge in [0.2, 0.25) is 0 Å². The summed E-state index contributed by atoms with van der Waals surface area (Å²) in [5.41, 5.74) is 4.23. The van der Waals surface area contributed by atoms with E-state index in [9.17, 15) is 5.11 Å². The average molecular weight is 234 g/mol. The molecule has 0 heterocycles. The molecule has 2 nitrogen and oxygen atoms in total. The third-order valence-corrected chi connectivity index (χ3v) is 3.69. The first-order valence-electron chi connectivity index (χ1n) is 6.48. The summed E-state index contributed by atoms with van der Waals surface area (Å²) in [6, 6.07) is 6.66. The Bertz CT molecular complexity index is 373. The van der Waals surface area contributed by atoms with Crippen LogP contribution in [0, 0.1) is 5.92 Å². The monoisotopic (exact) mass is 234 g/mol. The second kappa shape index (κ2) is 5.65. The number of aliphatic hydroxyl groups is 1. The van der Waals surface area contributed by atoms with Gasteiger partial charge in [0.25, 0.3) is 0 Å². The Morgan fingerprint density at radius 2 is 2.06 bits per heavy atom. The van der Waals surface area contributed by atoms with Gasteiger partial charge in [-0.05, 0) is 42.4 Å². The summed E-state index contributed by atoms with van der Waals surface area (Å²) < 4.78 is 5.08. The second-order valence-corrected chi connectivity index (χ2v) is 5.16. The summed E-state index contributed by atoms with van der Waals surface area (Å²) in [6.45, 7) is 2.65. The van der Waals surface area contributed by atoms with Gasteiger partial charge in [-0.3, -0.25) is 0 Å². The van der Waals surface area contributed by atoms with Crippen LogP contribution in [0.25, 0.3) is 0 Å². The summed E-state index contributed by atoms with van der Waals surface area (Å²) >= 11 is 0. The van der Waals surface area contributed by atoms with Crippen LogP contribution >= 0.6 is 0 Å². The first kappa shape index (κ1) is 12.6. The molecule has 94 valence electrons. The molecule has 2 heteroatoms. The molecule has 0 spiro atoms. The zero-order valence-corrected chi connectivity index (χ0v) is 10.8. The number of aliphatic hydroxyl groups excluding tert-OH is 1. The molecule has 0 saturated carbocycles. The maximum Gasteiger partial charge on any atom is 0.0628 e. The summed E-state index contributed by atoms with van der Waals surface area (Å²) in [6.07, 6.45) is 4.12. The van der Waals surface area contributed by atoms with Crippen molar-refractivity contribution < 1.29 is 9.84 Å². The molecule has 0 radical (unpaired) electrons. The van der Waals surface area contributed by atoms with Gasteiger partial charge in [0.05, 0.1) is 12.7 Å². The lowest BCUT2D eigenvalue weighted by Gasteiger charge is -2.18. The number of benzene rings is 1. The number of ether oxygens (including phenoxy) is 1. The van der Waals surface area contributed by atoms with Gasteiger partial charge in [-0.25, -0.2) is 0 Å². The van der Waals surface area contributed by atoms with E-state index < -0.39 is 0 Å². The molecule has 0 fully saturated rings. The summed E-state index contributed by atoms with van der Waals surface area (Å²) in [7, 11) is 1.68. The Hall–Kier alpha value is -0.860. The van der Waals surface area contributed by atoms with Crippen LogP contribution in [0.15, 0.2) is 18.2 Å². The molecular formula is C15H22O2. The van der Waals surface area contributed by atoms with Crippen molar-refractivity contribution >= 4 is 0 Å². The van der Waals surface area contributed by atoms with Gasteiger partial charge in [-0.1, -0.05) is 25.1 Å². The quantitative estimate of drug-likeness (QED) is 0.847. The summed E-state index contributed by atoms with van der Waals surface area (Å²) in [5.74, 6) is 0.188. The number of rotatable bonds is 5. The number of methoxy groups -OCH3 is 1. The highest BCUT2D eigenvalue weighted by Crippen LogP contribution is 2.23. The zero-order chi connectivity index (χ0) is 12.3. The van der Waals surface area contributed by atoms with E-state index in [1.807, 2.05) is 6.92 Å². The van der Waals surface area contributed by atoms with Crippen molar-refractivity contribution in [2.45, 2.75) is 38.7 Å². The fourth-order valence-corrected chi connectivity index (χ4v) is 2.57. The van der Waals surface area contributed by atoms with Gasteiger partial charge < -0.3 is 9.84 Å². The molecule has 2 atom stereocenters. The molecule has 1 aromatic carbocycles. The van der Waals surface area contributed by atoms with Crippen LogP contribution in [0.3, 0.4) is 0 Å². The predicted octanol–water partition coefficient (Wildman–Crippen LogP) is 2.36. The van der Waals surface area contributed by atoms with Crippen LogP contribution in [0.1, 0.15) is 30.0 Å². The van der Waals surface area contributed by atoms with Crippen LogP contribution < -0.4 is 0 Å². The lowest BCUT2D eigenvalue weighted by Crippen LogP contribution is -2.24. The number of hydrogen-bond acceptors (Lipinski definition) is 2. The Morgan fingerprint density at radius 1 is 1.29 bits per heavy atom. The largest absolute Gasteiger partial charge is 0.392 e. The molecule has 1 aliphatic carbocycles. The first-order chi connectivity index (χ1) is 8.20. The molecule has 1 aromatic rings. The molecule has 1 N–H and O–H groups in total. The van der Waals surface area contributed by atoms with Crippen LogP contribution in [0.4, 0.5) is 0 Å². The van der Waals surface area contributed by atoms with E-state index in [1.54, 1.807) is 7.11 Å². The predicted molar refractivity (Wildman–Crippen MR) is 69.2 cm³/mol. The standard InChI is InChI=1S/C15H22O2/c1-11(10-17-2)15(16)9-12-6-7-13-4-3-5-14(13)8-12/h6-8,11,15-16H,3-5,9-10H2,1-2H3. The number of fused-ring (bicyclic) bond motifs is 1. The highest BCUT2D eigenvalue weighted by Gasteiger charge is 2.16. The Morgan fingerprint density at radius 3 is 2.82 bits per heavy atom. The molecular weight excluding hydrogens is 212 g/mol. The van der Waals surface area contributed by atoms with Crippen molar-refractivity contribution in [3.05, 3.63) is 34.9 Å². The topological polar surface area (TPSA) is 29.5 Å². The molecule has 17 heavy (non-hydrogen) atoms. The Kier molecular flexibility index (Phi) is 4.19. The van der Waals surface area contributed by atoms with Crippen molar-refractivity contribution in [3.8, 4) is 0 Å². The Labute approximate surface area is 104 Å². The smallest absolute Gasteiger partial charge is 0.0628 e. The maximum atomic E-state index is 10.1. The highest BCUT2D eigenvalue weighted by molar-refractivity contribution is 5.35. The summed E-state index contributed by atoms with van der Waals surface area (Å²) in [4.78, 5) is 0. The normalized spacial score (nSPS) is 17.8. The van der Waals surface area contributed by atoms with Gasteiger partial charge in [0.15, 0.2) is 0 Å². The van der Waals surface area contributed by atoms with Crippen molar-refractivity contribution in [2.24, 2.45) is 5.92 Å². The molecule has 0 aromatic heterocycles. The van der Waals surface area contributed by atoms with Gasteiger partial charge >= 0.3 is 0 Å². The van der Waals surface area contributed by atoms with E-state index >= 15 is 0 Å². The van der Waals surface area contributed by atoms with E-state index in [4.69, 9.17) is 4.74 Å². The second-order valence-electron chi connectivity index (χ2n) is 5.16. The number of aryl methyl sites for hydroxylation is 2. The van der Waals surface area contributed by atoms with Crippen LogP contribution in [0.5, 0.6) is 0 Å². The molecule has 1 aliphatic rings. The van der Waals surface area contributed by atoms with Gasteiger partial charge in [0.1, 0.15) is 0 Å². The molecule has 0 aliphatic heterocycles. The van der Waals surface area contributed by atoms with Gasteiger partial charge in [0, 0.05) is 13.0 Å². The lowest BCUT2D eigenvalue weighted by atomic mass is 9.96. The van der Waals surface area contributed by atoms with Gasteiger partial charge in [-0.2, -0.15) is 0 Å². The minimum Gasteiger partial charge on any atom is -0.392 e. The summed E-state index contributed by atoms with van der Waals surface area (Å²) in [5, 5.41) is 10.1. The van der Waals surface area contributed by atoms with E-state index in [-0.39, 0.29) is 12.0 Å². The fourth-order valence-electron chi connectivity index (χ4n) is 2.57. The minimum atomic E-state index is -0.311. The molecule has 0 bridgehead atoms. The van der Waals surface area contributed by atoms with E-state index in [0.717, 1.165) is 6.42 Å². The number of hydrogen-bond donors (Lipinski definition) is 1. The van der Waals surface area contributed by atoms with Crippen molar-refractivity contribution in [3.63, 3.8) is 0 Å². The van der Waals surface area contributed by atoms with E-state index in [2.05, 4.69) is 18.2 Å². The van der Waals surface area contributed by atoms with E-state index in [1.165, 1.54) is 36.0 Å². The van der Waals surface area contributed by atoms with Crippen molar-refractivity contribution in [2.75, 3.05) is 13.7 Å². The Balaban J connectivity index is 1.99. The fraction of sp³-hybridized carbons (Fsp3) is 0.600. The van der Waals surface area contributed by atoms with Crippen LogP contribution in [-0.2, 0) is 24.0 Å². The first-order valence-corrected chi connectivity index (χ1v) is 6.48. The average Bonchev–Trinajstić information content (AvgIpc) is 2.76. The third kappa shape index (κ3) is 3.08. The third-order valence-electron chi connectivity index (χ3n) is 3.69. The molecule has 0 amide bonds. The maximum absolute atomic E-state index is 10.1.